The fourth-order valence-electron chi connectivity index (χ4n) is 2.17. The molecule has 1 aliphatic carbocycles. The van der Waals surface area contributed by atoms with Crippen molar-refractivity contribution in [3.63, 3.8) is 0 Å². The Kier molecular flexibility index (Phi) is 5.39. The van der Waals surface area contributed by atoms with E-state index in [0.717, 1.165) is 25.9 Å². The first kappa shape index (κ1) is 13.9. The molecule has 0 aliphatic heterocycles. The van der Waals surface area contributed by atoms with Crippen molar-refractivity contribution in [2.45, 2.75) is 33.6 Å². The van der Waals surface area contributed by atoms with Gasteiger partial charge in [-0.1, -0.05) is 26.8 Å². The molecule has 17 heavy (non-hydrogen) atoms. The Hall–Kier alpha value is -1.12. The van der Waals surface area contributed by atoms with Crippen LogP contribution in [0.5, 0.6) is 0 Å². The van der Waals surface area contributed by atoms with Crippen molar-refractivity contribution in [3.05, 3.63) is 24.1 Å². The highest BCUT2D eigenvalue weighted by Gasteiger charge is 2.27. The van der Waals surface area contributed by atoms with Gasteiger partial charge in [0.05, 0.1) is 5.92 Å². The Balaban J connectivity index is 2.71. The van der Waals surface area contributed by atoms with Gasteiger partial charge in [0, 0.05) is 13.1 Å². The minimum atomic E-state index is -0.237. The van der Waals surface area contributed by atoms with E-state index in [1.54, 1.807) is 6.08 Å². The molecule has 1 amide bonds. The number of carbonyl (C=O) groups excluding carboxylic acids is 1. The van der Waals surface area contributed by atoms with E-state index in [1.165, 1.54) is 12.2 Å². The van der Waals surface area contributed by atoms with E-state index in [9.17, 15) is 9.18 Å². The molecule has 3 heteroatoms. The Labute approximate surface area is 103 Å². The molecule has 2 nitrogen and oxygen atoms in total. The van der Waals surface area contributed by atoms with Crippen LogP contribution < -0.4 is 0 Å². The van der Waals surface area contributed by atoms with Crippen LogP contribution in [0.15, 0.2) is 24.1 Å². The van der Waals surface area contributed by atoms with Gasteiger partial charge < -0.3 is 4.90 Å². The molecule has 2 unspecified atom stereocenters. The fourth-order valence-corrected chi connectivity index (χ4v) is 2.17. The molecule has 0 fully saturated rings. The average Bonchev–Trinajstić information content (AvgIpc) is 2.28. The van der Waals surface area contributed by atoms with Crippen molar-refractivity contribution in [3.8, 4) is 0 Å². The molecule has 0 saturated heterocycles. The van der Waals surface area contributed by atoms with Gasteiger partial charge in [0.2, 0.25) is 5.91 Å². The molecule has 0 aromatic carbocycles. The number of allylic oxidation sites excluding steroid dienone is 3. The topological polar surface area (TPSA) is 20.3 Å². The molecule has 0 bridgehead atoms. The lowest BCUT2D eigenvalue weighted by molar-refractivity contribution is -0.135. The van der Waals surface area contributed by atoms with Gasteiger partial charge in [0.1, 0.15) is 5.83 Å². The van der Waals surface area contributed by atoms with E-state index in [1.807, 2.05) is 11.8 Å². The standard InChI is InChI=1S/C14H22FNO/c1-4-8-16(9-5-2)14(17)13-7-6-12(15)10-11(13)3/h6-7,10-11,13H,4-5,8-9H2,1-3H3. The zero-order valence-corrected chi connectivity index (χ0v) is 10.9. The van der Waals surface area contributed by atoms with Gasteiger partial charge in [-0.15, -0.1) is 0 Å². The maximum Gasteiger partial charge on any atom is 0.230 e. The van der Waals surface area contributed by atoms with Crippen molar-refractivity contribution in [1.29, 1.82) is 0 Å². The molecule has 0 aromatic heterocycles. The summed E-state index contributed by atoms with van der Waals surface area (Å²) in [5, 5.41) is 0. The summed E-state index contributed by atoms with van der Waals surface area (Å²) in [7, 11) is 0. The first-order chi connectivity index (χ1) is 8.10. The second-order valence-electron chi connectivity index (χ2n) is 4.62. The zero-order valence-electron chi connectivity index (χ0n) is 10.9. The third-order valence-electron chi connectivity index (χ3n) is 3.04. The maximum atomic E-state index is 13.0. The van der Waals surface area contributed by atoms with Gasteiger partial charge in [0.25, 0.3) is 0 Å². The van der Waals surface area contributed by atoms with Crippen LogP contribution in [0.2, 0.25) is 0 Å². The summed E-state index contributed by atoms with van der Waals surface area (Å²) in [5.74, 6) is -0.364. The van der Waals surface area contributed by atoms with Crippen LogP contribution in [0, 0.1) is 11.8 Å². The van der Waals surface area contributed by atoms with Crippen LogP contribution in [0.4, 0.5) is 4.39 Å². The normalized spacial score (nSPS) is 23.4. The van der Waals surface area contributed by atoms with Crippen molar-refractivity contribution in [2.75, 3.05) is 13.1 Å². The summed E-state index contributed by atoms with van der Waals surface area (Å²) < 4.78 is 13.0. The molecule has 1 aliphatic rings. The SMILES string of the molecule is CCCN(CCC)C(=O)C1C=CC(F)=CC1C. The summed E-state index contributed by atoms with van der Waals surface area (Å²) in [6.45, 7) is 7.60. The number of nitrogens with zero attached hydrogens (tertiary/aromatic N) is 1. The Morgan fingerprint density at radius 1 is 1.35 bits per heavy atom. The number of halogens is 1. The van der Waals surface area contributed by atoms with Crippen LogP contribution >= 0.6 is 0 Å². The van der Waals surface area contributed by atoms with Crippen LogP contribution in [-0.2, 0) is 4.79 Å². The number of hydrogen-bond acceptors (Lipinski definition) is 1. The van der Waals surface area contributed by atoms with Crippen LogP contribution in [-0.4, -0.2) is 23.9 Å². The van der Waals surface area contributed by atoms with E-state index in [2.05, 4.69) is 13.8 Å². The van der Waals surface area contributed by atoms with Crippen molar-refractivity contribution < 1.29 is 9.18 Å². The van der Waals surface area contributed by atoms with Crippen LogP contribution in [0.1, 0.15) is 33.6 Å². The van der Waals surface area contributed by atoms with Gasteiger partial charge in [-0.3, -0.25) is 4.79 Å². The molecular formula is C14H22FNO. The maximum absolute atomic E-state index is 13.0. The summed E-state index contributed by atoms with van der Waals surface area (Å²) in [6, 6.07) is 0. The van der Waals surface area contributed by atoms with Gasteiger partial charge in [-0.25, -0.2) is 4.39 Å². The summed E-state index contributed by atoms with van der Waals surface area (Å²) in [6.07, 6.45) is 6.54. The molecule has 0 heterocycles. The van der Waals surface area contributed by atoms with E-state index in [0.29, 0.717) is 0 Å². The van der Waals surface area contributed by atoms with E-state index in [4.69, 9.17) is 0 Å². The van der Waals surface area contributed by atoms with Gasteiger partial charge in [-0.05, 0) is 30.9 Å². The smallest absolute Gasteiger partial charge is 0.230 e. The molecule has 0 radical (unpaired) electrons. The highest BCUT2D eigenvalue weighted by atomic mass is 19.1. The summed E-state index contributed by atoms with van der Waals surface area (Å²) in [4.78, 5) is 14.2. The van der Waals surface area contributed by atoms with Crippen molar-refractivity contribution in [2.24, 2.45) is 11.8 Å². The quantitative estimate of drug-likeness (QED) is 0.720. The molecule has 2 atom stereocenters. The van der Waals surface area contributed by atoms with Gasteiger partial charge >= 0.3 is 0 Å². The lowest BCUT2D eigenvalue weighted by Crippen LogP contribution is -2.39. The molecule has 0 saturated carbocycles. The molecule has 1 rings (SSSR count). The number of amides is 1. The monoisotopic (exact) mass is 239 g/mol. The number of hydrogen-bond donors (Lipinski definition) is 0. The second-order valence-corrected chi connectivity index (χ2v) is 4.62. The minimum Gasteiger partial charge on any atom is -0.342 e. The summed E-state index contributed by atoms with van der Waals surface area (Å²) >= 11 is 0. The molecular weight excluding hydrogens is 217 g/mol. The highest BCUT2D eigenvalue weighted by Crippen LogP contribution is 2.25. The highest BCUT2D eigenvalue weighted by molar-refractivity contribution is 5.81. The first-order valence-corrected chi connectivity index (χ1v) is 6.44. The Morgan fingerprint density at radius 2 is 1.94 bits per heavy atom. The summed E-state index contributed by atoms with van der Waals surface area (Å²) in [5.41, 5.74) is 0. The fraction of sp³-hybridized carbons (Fsp3) is 0.643. The molecule has 0 spiro atoms. The van der Waals surface area contributed by atoms with E-state index < -0.39 is 0 Å². The number of rotatable bonds is 5. The third-order valence-corrected chi connectivity index (χ3v) is 3.04. The number of carbonyl (C=O) groups is 1. The largest absolute Gasteiger partial charge is 0.342 e. The third kappa shape index (κ3) is 3.69. The Bertz CT molecular complexity index is 316. The molecule has 96 valence electrons. The van der Waals surface area contributed by atoms with E-state index >= 15 is 0 Å². The van der Waals surface area contributed by atoms with Crippen LogP contribution in [0.25, 0.3) is 0 Å². The Morgan fingerprint density at radius 3 is 2.41 bits per heavy atom. The molecule has 0 N–H and O–H groups in total. The van der Waals surface area contributed by atoms with Gasteiger partial charge in [0.15, 0.2) is 0 Å². The lowest BCUT2D eigenvalue weighted by atomic mass is 9.88. The minimum absolute atomic E-state index is 0.0521. The van der Waals surface area contributed by atoms with E-state index in [-0.39, 0.29) is 23.6 Å². The first-order valence-electron chi connectivity index (χ1n) is 6.44. The predicted molar refractivity (Wildman–Crippen MR) is 68.1 cm³/mol. The van der Waals surface area contributed by atoms with Gasteiger partial charge in [-0.2, -0.15) is 0 Å². The zero-order chi connectivity index (χ0) is 12.8. The predicted octanol–water partition coefficient (Wildman–Crippen LogP) is 3.31. The molecule has 0 aromatic rings. The van der Waals surface area contributed by atoms with Crippen molar-refractivity contribution in [1.82, 2.24) is 4.90 Å². The average molecular weight is 239 g/mol. The van der Waals surface area contributed by atoms with Crippen molar-refractivity contribution >= 4 is 5.91 Å². The van der Waals surface area contributed by atoms with Crippen LogP contribution in [0.3, 0.4) is 0 Å². The lowest BCUT2D eigenvalue weighted by Gasteiger charge is -2.28. The second kappa shape index (κ2) is 6.58.